The molecule has 1 heterocycles. The van der Waals surface area contributed by atoms with Crippen LogP contribution in [0.1, 0.15) is 24.8 Å². The Bertz CT molecular complexity index is 759. The number of aryl methyl sites for hydroxylation is 1. The number of benzene rings is 2. The highest BCUT2D eigenvalue weighted by Crippen LogP contribution is 2.26. The van der Waals surface area contributed by atoms with Crippen LogP contribution in [-0.4, -0.2) is 32.0 Å². The average Bonchev–Trinajstić information content (AvgIpc) is 3.10. The van der Waals surface area contributed by atoms with E-state index in [0.29, 0.717) is 13.1 Å². The van der Waals surface area contributed by atoms with Crippen molar-refractivity contribution in [1.29, 1.82) is 0 Å². The van der Waals surface area contributed by atoms with Gasteiger partial charge in [0.25, 0.3) is 0 Å². The Kier molecular flexibility index (Phi) is 6.47. The Morgan fingerprint density at radius 2 is 1.85 bits per heavy atom. The zero-order valence-corrected chi connectivity index (χ0v) is 15.7. The number of nitrogens with one attached hydrogen (secondary N) is 1. The summed E-state index contributed by atoms with van der Waals surface area (Å²) in [6, 6.07) is 17.7. The summed E-state index contributed by atoms with van der Waals surface area (Å²) in [5.41, 5.74) is 2.12. The minimum atomic E-state index is -0.284. The van der Waals surface area contributed by atoms with E-state index in [-0.39, 0.29) is 24.2 Å². The molecule has 0 aromatic heterocycles. The van der Waals surface area contributed by atoms with Gasteiger partial charge in [-0.2, -0.15) is 0 Å². The lowest BCUT2D eigenvalue weighted by molar-refractivity contribution is -0.126. The monoisotopic (exact) mass is 366 g/mol. The number of carbonyl (C=O) groups is 2. The zero-order valence-electron chi connectivity index (χ0n) is 15.7. The van der Waals surface area contributed by atoms with E-state index in [1.54, 1.807) is 12.0 Å². The molecule has 2 aromatic rings. The molecule has 1 aliphatic rings. The number of hydrogen-bond acceptors (Lipinski definition) is 3. The number of anilines is 1. The number of rotatable bonds is 8. The first-order valence-electron chi connectivity index (χ1n) is 9.43. The van der Waals surface area contributed by atoms with Crippen molar-refractivity contribution in [3.05, 3.63) is 60.2 Å². The summed E-state index contributed by atoms with van der Waals surface area (Å²) in [7, 11) is 1.61. The fraction of sp³-hybridized carbons (Fsp3) is 0.364. The van der Waals surface area contributed by atoms with Crippen molar-refractivity contribution in [2.45, 2.75) is 25.7 Å². The van der Waals surface area contributed by atoms with Gasteiger partial charge in [-0.15, -0.1) is 0 Å². The molecule has 27 heavy (non-hydrogen) atoms. The smallest absolute Gasteiger partial charge is 0.227 e. The van der Waals surface area contributed by atoms with Crippen molar-refractivity contribution in [2.75, 3.05) is 25.1 Å². The van der Waals surface area contributed by atoms with Gasteiger partial charge in [0.1, 0.15) is 5.75 Å². The van der Waals surface area contributed by atoms with Gasteiger partial charge in [-0.05, 0) is 49.1 Å². The SMILES string of the molecule is COc1ccc(N2C[C@H](C(=O)NCCCCc3ccccc3)CC2=O)cc1. The first-order valence-corrected chi connectivity index (χ1v) is 9.43. The van der Waals surface area contributed by atoms with Crippen LogP contribution in [0.15, 0.2) is 54.6 Å². The Hall–Kier alpha value is -2.82. The largest absolute Gasteiger partial charge is 0.497 e. The molecule has 0 unspecified atom stereocenters. The summed E-state index contributed by atoms with van der Waals surface area (Å²) in [5.74, 6) is 0.424. The molecular weight excluding hydrogens is 340 g/mol. The number of ether oxygens (including phenoxy) is 1. The van der Waals surface area contributed by atoms with Crippen molar-refractivity contribution < 1.29 is 14.3 Å². The van der Waals surface area contributed by atoms with Gasteiger partial charge in [0, 0.05) is 25.2 Å². The first kappa shape index (κ1) is 19.0. The van der Waals surface area contributed by atoms with Gasteiger partial charge in [0.05, 0.1) is 13.0 Å². The van der Waals surface area contributed by atoms with Gasteiger partial charge in [-0.1, -0.05) is 30.3 Å². The van der Waals surface area contributed by atoms with E-state index in [9.17, 15) is 9.59 Å². The number of nitrogens with zero attached hydrogens (tertiary/aromatic N) is 1. The highest BCUT2D eigenvalue weighted by molar-refractivity contribution is 6.00. The second-order valence-corrected chi connectivity index (χ2v) is 6.84. The third-order valence-electron chi connectivity index (χ3n) is 4.91. The normalized spacial score (nSPS) is 16.4. The van der Waals surface area contributed by atoms with E-state index in [4.69, 9.17) is 4.74 Å². The predicted octanol–water partition coefficient (Wildman–Crippen LogP) is 3.19. The van der Waals surface area contributed by atoms with Gasteiger partial charge in [-0.3, -0.25) is 9.59 Å². The standard InChI is InChI=1S/C22H26N2O3/c1-27-20-12-10-19(11-13-20)24-16-18(15-21(24)25)22(26)23-14-6-5-9-17-7-3-2-4-8-17/h2-4,7-8,10-13,18H,5-6,9,14-16H2,1H3,(H,23,26)/t18-/m1/s1. The van der Waals surface area contributed by atoms with Crippen molar-refractivity contribution in [3.8, 4) is 5.75 Å². The van der Waals surface area contributed by atoms with Crippen LogP contribution in [-0.2, 0) is 16.0 Å². The molecule has 3 rings (SSSR count). The van der Waals surface area contributed by atoms with E-state index >= 15 is 0 Å². The summed E-state index contributed by atoms with van der Waals surface area (Å²) in [6.07, 6.45) is 3.25. The number of hydrogen-bond donors (Lipinski definition) is 1. The van der Waals surface area contributed by atoms with Crippen LogP contribution in [0, 0.1) is 5.92 Å². The van der Waals surface area contributed by atoms with Gasteiger partial charge in [0.2, 0.25) is 11.8 Å². The van der Waals surface area contributed by atoms with Crippen LogP contribution in [0.5, 0.6) is 5.75 Å². The number of methoxy groups -OCH3 is 1. The van der Waals surface area contributed by atoms with E-state index < -0.39 is 0 Å². The maximum Gasteiger partial charge on any atom is 0.227 e. The molecule has 5 heteroatoms. The van der Waals surface area contributed by atoms with Gasteiger partial charge in [-0.25, -0.2) is 0 Å². The molecule has 0 radical (unpaired) electrons. The quantitative estimate of drug-likeness (QED) is 0.730. The van der Waals surface area contributed by atoms with E-state index in [2.05, 4.69) is 17.4 Å². The van der Waals surface area contributed by atoms with Crippen LogP contribution in [0.25, 0.3) is 0 Å². The van der Waals surface area contributed by atoms with E-state index in [0.717, 1.165) is 30.7 Å². The van der Waals surface area contributed by atoms with Crippen LogP contribution >= 0.6 is 0 Å². The molecule has 2 aromatic carbocycles. The molecule has 1 N–H and O–H groups in total. The second kappa shape index (κ2) is 9.21. The lowest BCUT2D eigenvalue weighted by Gasteiger charge is -2.17. The molecule has 0 bridgehead atoms. The molecule has 5 nitrogen and oxygen atoms in total. The predicted molar refractivity (Wildman–Crippen MR) is 106 cm³/mol. The fourth-order valence-electron chi connectivity index (χ4n) is 3.35. The van der Waals surface area contributed by atoms with Crippen molar-refractivity contribution in [3.63, 3.8) is 0 Å². The first-order chi connectivity index (χ1) is 13.2. The zero-order chi connectivity index (χ0) is 19.1. The Morgan fingerprint density at radius 3 is 2.56 bits per heavy atom. The number of carbonyl (C=O) groups excluding carboxylic acids is 2. The highest BCUT2D eigenvalue weighted by Gasteiger charge is 2.34. The second-order valence-electron chi connectivity index (χ2n) is 6.84. The van der Waals surface area contributed by atoms with Crippen LogP contribution in [0.2, 0.25) is 0 Å². The lowest BCUT2D eigenvalue weighted by atomic mass is 10.1. The molecule has 1 fully saturated rings. The average molecular weight is 366 g/mol. The lowest BCUT2D eigenvalue weighted by Crippen LogP contribution is -2.33. The molecule has 2 amide bonds. The van der Waals surface area contributed by atoms with Gasteiger partial charge < -0.3 is 15.0 Å². The molecule has 1 saturated heterocycles. The molecular formula is C22H26N2O3. The summed E-state index contributed by atoms with van der Waals surface area (Å²) >= 11 is 0. The Balaban J connectivity index is 1.42. The third-order valence-corrected chi connectivity index (χ3v) is 4.91. The summed E-state index contributed by atoms with van der Waals surface area (Å²) in [6.45, 7) is 1.08. The van der Waals surface area contributed by atoms with Crippen LogP contribution in [0.3, 0.4) is 0 Å². The van der Waals surface area contributed by atoms with Gasteiger partial charge in [0.15, 0.2) is 0 Å². The molecule has 1 aliphatic heterocycles. The molecule has 142 valence electrons. The minimum absolute atomic E-state index is 0.00982. The van der Waals surface area contributed by atoms with E-state index in [1.807, 2.05) is 42.5 Å². The summed E-state index contributed by atoms with van der Waals surface area (Å²) < 4.78 is 5.14. The maximum absolute atomic E-state index is 12.4. The molecule has 0 saturated carbocycles. The Labute approximate surface area is 160 Å². The highest BCUT2D eigenvalue weighted by atomic mass is 16.5. The third kappa shape index (κ3) is 5.09. The Morgan fingerprint density at radius 1 is 1.11 bits per heavy atom. The van der Waals surface area contributed by atoms with Crippen LogP contribution < -0.4 is 15.0 Å². The van der Waals surface area contributed by atoms with Crippen molar-refractivity contribution in [2.24, 2.45) is 5.92 Å². The number of amides is 2. The molecule has 0 aliphatic carbocycles. The van der Waals surface area contributed by atoms with Crippen molar-refractivity contribution >= 4 is 17.5 Å². The molecule has 1 atom stereocenters. The maximum atomic E-state index is 12.4. The fourth-order valence-corrected chi connectivity index (χ4v) is 3.35. The number of unbranched alkanes of at least 4 members (excludes halogenated alkanes) is 1. The van der Waals surface area contributed by atoms with Crippen molar-refractivity contribution in [1.82, 2.24) is 5.32 Å². The minimum Gasteiger partial charge on any atom is -0.497 e. The topological polar surface area (TPSA) is 58.6 Å². The van der Waals surface area contributed by atoms with Crippen LogP contribution in [0.4, 0.5) is 5.69 Å². The summed E-state index contributed by atoms with van der Waals surface area (Å²) in [4.78, 5) is 26.4. The van der Waals surface area contributed by atoms with Gasteiger partial charge >= 0.3 is 0 Å². The van der Waals surface area contributed by atoms with E-state index in [1.165, 1.54) is 5.56 Å². The molecule has 0 spiro atoms. The summed E-state index contributed by atoms with van der Waals surface area (Å²) in [5, 5.41) is 2.98.